The summed E-state index contributed by atoms with van der Waals surface area (Å²) in [6.07, 6.45) is 0.665. The van der Waals surface area contributed by atoms with Gasteiger partial charge in [0.25, 0.3) is 5.91 Å². The first-order chi connectivity index (χ1) is 11.6. The molecule has 4 rings (SSSR count). The summed E-state index contributed by atoms with van der Waals surface area (Å²) in [5, 5.41) is 3.27. The molecular formula is C18H18N2O3S. The molecule has 0 radical (unpaired) electrons. The number of hydrogen-bond donors (Lipinski definition) is 1. The summed E-state index contributed by atoms with van der Waals surface area (Å²) < 4.78 is 23.5. The van der Waals surface area contributed by atoms with E-state index < -0.39 is 9.73 Å². The van der Waals surface area contributed by atoms with Crippen LogP contribution in [0.15, 0.2) is 62.7 Å². The number of nitrogens with zero attached hydrogens (tertiary/aromatic N) is 1. The topological polar surface area (TPSA) is 67.8 Å². The van der Waals surface area contributed by atoms with E-state index in [9.17, 15) is 9.00 Å². The number of carbonyl (C=O) groups excluding carboxylic acids is 1. The van der Waals surface area contributed by atoms with E-state index in [0.29, 0.717) is 22.8 Å². The second-order valence-electron chi connectivity index (χ2n) is 6.15. The Morgan fingerprint density at radius 2 is 1.71 bits per heavy atom. The number of fused-ring (bicyclic) bond motifs is 2. The van der Waals surface area contributed by atoms with E-state index in [1.54, 1.807) is 12.1 Å². The van der Waals surface area contributed by atoms with E-state index in [0.717, 1.165) is 11.4 Å². The number of carbonyl (C=O) groups is 1. The van der Waals surface area contributed by atoms with Crippen molar-refractivity contribution in [1.82, 2.24) is 0 Å². The van der Waals surface area contributed by atoms with E-state index in [-0.39, 0.29) is 17.9 Å². The highest BCUT2D eigenvalue weighted by Gasteiger charge is 2.33. The molecule has 0 aliphatic carbocycles. The van der Waals surface area contributed by atoms with Crippen LogP contribution < -0.4 is 5.32 Å². The van der Waals surface area contributed by atoms with Crippen molar-refractivity contribution in [1.29, 1.82) is 0 Å². The Morgan fingerprint density at radius 3 is 2.25 bits per heavy atom. The lowest BCUT2D eigenvalue weighted by atomic mass is 10.1. The Hall–Kier alpha value is -2.18. The van der Waals surface area contributed by atoms with Gasteiger partial charge in [-0.1, -0.05) is 24.3 Å². The molecule has 124 valence electrons. The second-order valence-corrected chi connectivity index (χ2v) is 8.26. The maximum atomic E-state index is 13.8. The Morgan fingerprint density at radius 1 is 1.12 bits per heavy atom. The second kappa shape index (κ2) is 5.72. The fraction of sp³-hybridized carbons (Fsp3) is 0.278. The van der Waals surface area contributed by atoms with Crippen molar-refractivity contribution in [2.75, 3.05) is 11.9 Å². The van der Waals surface area contributed by atoms with Crippen molar-refractivity contribution in [3.05, 3.63) is 48.5 Å². The van der Waals surface area contributed by atoms with Crippen molar-refractivity contribution < 1.29 is 13.7 Å². The average Bonchev–Trinajstić information content (AvgIpc) is 3.02. The van der Waals surface area contributed by atoms with Crippen molar-refractivity contribution in [2.24, 2.45) is 10.3 Å². The van der Waals surface area contributed by atoms with Gasteiger partial charge >= 0.3 is 0 Å². The molecular weight excluding hydrogens is 324 g/mol. The third-order valence-corrected chi connectivity index (χ3v) is 6.75. The van der Waals surface area contributed by atoms with Crippen molar-refractivity contribution in [2.45, 2.75) is 29.2 Å². The molecule has 2 atom stereocenters. The molecule has 6 heteroatoms. The van der Waals surface area contributed by atoms with Crippen LogP contribution in [0.3, 0.4) is 0 Å². The minimum Gasteiger partial charge on any atom is -0.378 e. The zero-order valence-electron chi connectivity index (χ0n) is 13.3. The fourth-order valence-electron chi connectivity index (χ4n) is 3.17. The van der Waals surface area contributed by atoms with Crippen LogP contribution in [0.1, 0.15) is 13.3 Å². The van der Waals surface area contributed by atoms with E-state index in [2.05, 4.69) is 9.68 Å². The molecule has 2 unspecified atom stereocenters. The Kier molecular flexibility index (Phi) is 3.66. The standard InChI is InChI=1S/C18H18N2O3S/c1-12-10-13(11-23-12)18(21)20-24(22)16-8-4-2-6-14(16)19-15-7-3-5-9-17(15)24/h2-9,12-13,19H,10-11H2,1H3. The van der Waals surface area contributed by atoms with E-state index in [4.69, 9.17) is 4.74 Å². The van der Waals surface area contributed by atoms with Gasteiger partial charge in [0.05, 0.1) is 39.8 Å². The van der Waals surface area contributed by atoms with Gasteiger partial charge in [0, 0.05) is 0 Å². The summed E-state index contributed by atoms with van der Waals surface area (Å²) in [5.74, 6) is -0.650. The average molecular weight is 342 g/mol. The van der Waals surface area contributed by atoms with Gasteiger partial charge in [-0.3, -0.25) is 4.79 Å². The van der Waals surface area contributed by atoms with Gasteiger partial charge in [-0.2, -0.15) is 4.36 Å². The third-order valence-electron chi connectivity index (χ3n) is 4.41. The van der Waals surface area contributed by atoms with Crippen LogP contribution in [0, 0.1) is 5.92 Å². The summed E-state index contributed by atoms with van der Waals surface area (Å²) in [7, 11) is -3.01. The van der Waals surface area contributed by atoms with Crippen molar-refractivity contribution in [3.8, 4) is 0 Å². The molecule has 2 aromatic carbocycles. The molecule has 0 bridgehead atoms. The Balaban J connectivity index is 1.88. The van der Waals surface area contributed by atoms with Crippen LogP contribution in [0.25, 0.3) is 0 Å². The maximum absolute atomic E-state index is 13.8. The molecule has 1 amide bonds. The largest absolute Gasteiger partial charge is 0.378 e. The van der Waals surface area contributed by atoms with E-state index in [1.807, 2.05) is 43.3 Å². The number of para-hydroxylation sites is 2. The maximum Gasteiger partial charge on any atom is 0.259 e. The molecule has 5 nitrogen and oxygen atoms in total. The van der Waals surface area contributed by atoms with Crippen molar-refractivity contribution >= 4 is 27.0 Å². The number of hydrogen-bond acceptors (Lipinski definition) is 4. The lowest BCUT2D eigenvalue weighted by molar-refractivity contribution is -0.121. The molecule has 0 saturated carbocycles. The van der Waals surface area contributed by atoms with Gasteiger partial charge in [-0.05, 0) is 37.6 Å². The lowest BCUT2D eigenvalue weighted by Gasteiger charge is -2.24. The number of benzene rings is 2. The smallest absolute Gasteiger partial charge is 0.259 e. The van der Waals surface area contributed by atoms with E-state index in [1.165, 1.54) is 0 Å². The van der Waals surface area contributed by atoms with E-state index >= 15 is 0 Å². The molecule has 2 heterocycles. The van der Waals surface area contributed by atoms with Crippen LogP contribution in [0.2, 0.25) is 0 Å². The van der Waals surface area contributed by atoms with Gasteiger partial charge in [0.1, 0.15) is 9.73 Å². The summed E-state index contributed by atoms with van der Waals surface area (Å²) in [6.45, 7) is 2.28. The number of rotatable bonds is 1. The zero-order valence-corrected chi connectivity index (χ0v) is 14.1. The monoisotopic (exact) mass is 342 g/mol. The first kappa shape index (κ1) is 15.4. The lowest BCUT2D eigenvalue weighted by Crippen LogP contribution is -2.18. The summed E-state index contributed by atoms with van der Waals surface area (Å²) in [4.78, 5) is 13.8. The molecule has 0 spiro atoms. The van der Waals surface area contributed by atoms with Gasteiger partial charge in [0.15, 0.2) is 0 Å². The summed E-state index contributed by atoms with van der Waals surface area (Å²) in [5.41, 5.74) is 1.46. The summed E-state index contributed by atoms with van der Waals surface area (Å²) in [6, 6.07) is 14.6. The summed E-state index contributed by atoms with van der Waals surface area (Å²) >= 11 is 0. The van der Waals surface area contributed by atoms with Crippen LogP contribution >= 0.6 is 0 Å². The molecule has 2 aliphatic heterocycles. The number of ether oxygens (including phenoxy) is 1. The fourth-order valence-corrected chi connectivity index (χ4v) is 5.37. The third kappa shape index (κ3) is 2.42. The van der Waals surface area contributed by atoms with Crippen LogP contribution in [0.4, 0.5) is 11.4 Å². The molecule has 2 aliphatic rings. The minimum atomic E-state index is -3.01. The van der Waals surface area contributed by atoms with Gasteiger partial charge in [-0.25, -0.2) is 4.21 Å². The van der Waals surface area contributed by atoms with Crippen LogP contribution in [-0.4, -0.2) is 22.8 Å². The highest BCUT2D eigenvalue weighted by atomic mass is 32.2. The first-order valence-corrected chi connectivity index (χ1v) is 9.47. The predicted molar refractivity (Wildman–Crippen MR) is 91.8 cm³/mol. The molecule has 1 saturated heterocycles. The normalized spacial score (nSPS) is 23.7. The SMILES string of the molecule is CC1CC(C(=O)N=S2(=O)c3ccccc3Nc3ccccc32)CO1. The van der Waals surface area contributed by atoms with Crippen molar-refractivity contribution in [3.63, 3.8) is 0 Å². The molecule has 1 fully saturated rings. The Labute approximate surface area is 141 Å². The minimum absolute atomic E-state index is 0.0411. The number of anilines is 2. The molecule has 0 aromatic heterocycles. The highest BCUT2D eigenvalue weighted by molar-refractivity contribution is 7.94. The molecule has 1 N–H and O–H groups in total. The zero-order chi connectivity index (χ0) is 16.7. The van der Waals surface area contributed by atoms with Crippen LogP contribution in [-0.2, 0) is 19.3 Å². The molecule has 24 heavy (non-hydrogen) atoms. The predicted octanol–water partition coefficient (Wildman–Crippen LogP) is 3.58. The van der Waals surface area contributed by atoms with Gasteiger partial charge in [0.2, 0.25) is 0 Å². The number of amides is 1. The van der Waals surface area contributed by atoms with Gasteiger partial charge in [-0.15, -0.1) is 0 Å². The van der Waals surface area contributed by atoms with Gasteiger partial charge < -0.3 is 10.1 Å². The Bertz CT molecular complexity index is 880. The quantitative estimate of drug-likeness (QED) is 0.734. The first-order valence-electron chi connectivity index (χ1n) is 7.96. The number of nitrogens with one attached hydrogen (secondary N) is 1. The highest BCUT2D eigenvalue weighted by Crippen LogP contribution is 2.40. The van der Waals surface area contributed by atoms with Crippen LogP contribution in [0.5, 0.6) is 0 Å². The molecule has 2 aromatic rings.